The van der Waals surface area contributed by atoms with E-state index >= 15 is 0 Å². The number of aryl methyl sites for hydroxylation is 6. The van der Waals surface area contributed by atoms with Gasteiger partial charge in [-0.15, -0.1) is 0 Å². The molecule has 0 aliphatic carbocycles. The molecule has 6 aromatic rings. The Balaban J connectivity index is 0.000000268. The van der Waals surface area contributed by atoms with Crippen molar-refractivity contribution in [3.8, 4) is 0 Å². The van der Waals surface area contributed by atoms with Crippen LogP contribution in [0, 0.1) is 41.5 Å². The summed E-state index contributed by atoms with van der Waals surface area (Å²) in [4.78, 5) is -1.76. The summed E-state index contributed by atoms with van der Waals surface area (Å²) in [6.45, 7) is 9.04. The zero-order chi connectivity index (χ0) is 48.8. The maximum atomic E-state index is 13.7. The Kier molecular flexibility index (Phi) is 18.6. The van der Waals surface area contributed by atoms with Crippen molar-refractivity contribution in [3.05, 3.63) is 179 Å². The van der Waals surface area contributed by atoms with Crippen LogP contribution in [0.5, 0.6) is 0 Å². The van der Waals surface area contributed by atoms with Gasteiger partial charge in [0.05, 0.1) is 0 Å². The van der Waals surface area contributed by atoms with E-state index in [4.69, 9.17) is 19.1 Å². The number of rotatable bonds is 12. The second-order valence-electron chi connectivity index (χ2n) is 14.2. The van der Waals surface area contributed by atoms with Crippen LogP contribution >= 0.6 is 30.1 Å². The van der Waals surface area contributed by atoms with Crippen LogP contribution in [0.15, 0.2) is 175 Å². The molecule has 12 nitrogen and oxygen atoms in total. The molecule has 6 rings (SSSR count). The van der Waals surface area contributed by atoms with Crippen molar-refractivity contribution >= 4 is 86.9 Å². The zero-order valence-corrected chi connectivity index (χ0v) is 45.2. The Hall–Kier alpha value is -2.88. The molecule has 0 unspecified atom stereocenters. The summed E-state index contributed by atoms with van der Waals surface area (Å²) < 4.78 is 164. The van der Waals surface area contributed by atoms with Gasteiger partial charge in [0, 0.05) is 0 Å². The van der Waals surface area contributed by atoms with E-state index in [1.807, 2.05) is 0 Å². The number of hydrogen-bond donors (Lipinski definition) is 0. The van der Waals surface area contributed by atoms with E-state index in [2.05, 4.69) is 0 Å². The summed E-state index contributed by atoms with van der Waals surface area (Å²) in [7, 11) is -18.9. The van der Waals surface area contributed by atoms with E-state index in [0.717, 1.165) is 0 Å². The van der Waals surface area contributed by atoms with Crippen molar-refractivity contribution in [1.29, 1.82) is 0 Å². The summed E-state index contributed by atoms with van der Waals surface area (Å²) in [6, 6.07) is 34.8. The predicted molar refractivity (Wildman–Crippen MR) is 259 cm³/mol. The quantitative estimate of drug-likeness (QED) is 0.0829. The number of halogens is 2. The van der Waals surface area contributed by atoms with Crippen molar-refractivity contribution in [2.24, 2.45) is 0 Å². The van der Waals surface area contributed by atoms with Crippen molar-refractivity contribution in [2.75, 3.05) is 0 Å². The van der Waals surface area contributed by atoms with Crippen LogP contribution in [0.3, 0.4) is 0 Å². The number of hydrogen-bond acceptors (Lipinski definition) is 12. The van der Waals surface area contributed by atoms with Crippen LogP contribution < -0.4 is 0 Å². The van der Waals surface area contributed by atoms with E-state index in [9.17, 15) is 50.5 Å². The molecule has 0 bridgehead atoms. The first-order valence-corrected chi connectivity index (χ1v) is 38.9. The summed E-state index contributed by atoms with van der Waals surface area (Å²) in [5, 5.41) is 0. The average Bonchev–Trinajstić information content (AvgIpc) is 3.21. The van der Waals surface area contributed by atoms with Crippen LogP contribution in [0.25, 0.3) is 0 Å². The molecule has 0 N–H and O–H groups in total. The number of benzene rings is 6. The topological polar surface area (TPSA) is 205 Å². The molecule has 0 amide bonds. The summed E-state index contributed by atoms with van der Waals surface area (Å²) >= 11 is -0.106. The van der Waals surface area contributed by atoms with Gasteiger partial charge in [-0.05, 0) is 111 Å². The Labute approximate surface area is 399 Å². The van der Waals surface area contributed by atoms with E-state index in [1.165, 1.54) is 151 Å². The second kappa shape index (κ2) is 22.0. The molecule has 65 heavy (non-hydrogen) atoms. The van der Waals surface area contributed by atoms with Gasteiger partial charge in [0.1, 0.15) is 29.4 Å². The fraction of sp³-hybridized carbons (Fsp3) is 0.143. The van der Waals surface area contributed by atoms with Gasteiger partial charge in [0.2, 0.25) is 0 Å². The molecular formula is C42H44Cl2O12P2PdS6+2. The van der Waals surface area contributed by atoms with Gasteiger partial charge in [-0.2, -0.15) is 50.5 Å². The molecular weight excluding hydrogens is 1130 g/mol. The minimum atomic E-state index is -4.75. The molecule has 0 spiro atoms. The molecule has 0 atom stereocenters. The van der Waals surface area contributed by atoms with E-state index in [-0.39, 0.29) is 78.7 Å². The predicted octanol–water partition coefficient (Wildman–Crippen LogP) is 9.96. The molecule has 6 aromatic carbocycles. The minimum absolute atomic E-state index is 0.106. The molecule has 0 aromatic heterocycles. The van der Waals surface area contributed by atoms with Gasteiger partial charge in [0.25, 0.3) is 0 Å². The Bertz CT molecular complexity index is 2830. The van der Waals surface area contributed by atoms with Crippen molar-refractivity contribution in [1.82, 2.24) is 0 Å². The van der Waals surface area contributed by atoms with Crippen molar-refractivity contribution in [3.63, 3.8) is 0 Å². The van der Waals surface area contributed by atoms with Crippen LogP contribution in [-0.4, -0.2) is 50.5 Å². The normalized spacial score (nSPS) is 12.5. The first kappa shape index (κ1) is 54.7. The fourth-order valence-electron chi connectivity index (χ4n) is 6.55. The van der Waals surface area contributed by atoms with Crippen molar-refractivity contribution in [2.45, 2.75) is 70.9 Å². The monoisotopic (exact) mass is 1170 g/mol. The molecule has 23 heteroatoms. The summed E-state index contributed by atoms with van der Waals surface area (Å²) in [5.41, 5.74) is -6.67. The molecule has 0 aliphatic heterocycles. The van der Waals surface area contributed by atoms with Gasteiger partial charge in [-0.3, -0.25) is 0 Å². The first-order chi connectivity index (χ1) is 30.2. The van der Waals surface area contributed by atoms with Gasteiger partial charge in [-0.1, -0.05) is 109 Å². The fourth-order valence-corrected chi connectivity index (χ4v) is 51.7. The molecule has 0 saturated carbocycles. The SMILES string of the molecule is Cc1ccccc1S(=O)(=O)[PH+](S(=O)(=O)c1ccccc1C)S(=O)(=O)c1ccccc1C.Cc1ccccc1S(=O)(=O)[PH+](S(=O)(=O)c1ccccc1C)S(=O)(=O)c1ccccc1C.[Cl][Pd][Cl]. The van der Waals surface area contributed by atoms with Gasteiger partial charge in [0.15, 0.2) is 0 Å². The molecule has 0 radical (unpaired) electrons. The van der Waals surface area contributed by atoms with Crippen LogP contribution in [0.4, 0.5) is 0 Å². The Morgan fingerprint density at radius 2 is 0.385 bits per heavy atom. The summed E-state index contributed by atoms with van der Waals surface area (Å²) in [5.74, 6) is 0. The van der Waals surface area contributed by atoms with E-state index in [1.54, 1.807) is 36.4 Å². The average molecular weight is 1170 g/mol. The molecule has 0 fully saturated rings. The molecule has 352 valence electrons. The Morgan fingerprint density at radius 1 is 0.277 bits per heavy atom. The third kappa shape index (κ3) is 11.7. The summed E-state index contributed by atoms with van der Waals surface area (Å²) in [6.07, 6.45) is 0. The Morgan fingerprint density at radius 3 is 0.492 bits per heavy atom. The third-order valence-electron chi connectivity index (χ3n) is 9.62. The molecule has 0 saturated heterocycles. The van der Waals surface area contributed by atoms with E-state index < -0.39 is 67.8 Å². The molecule has 0 aliphatic rings. The van der Waals surface area contributed by atoms with Gasteiger partial charge in [-0.25, -0.2) is 0 Å². The van der Waals surface area contributed by atoms with Gasteiger partial charge < -0.3 is 0 Å². The van der Waals surface area contributed by atoms with E-state index in [0.29, 0.717) is 0 Å². The van der Waals surface area contributed by atoms with Crippen molar-refractivity contribution < 1.29 is 66.4 Å². The maximum absolute atomic E-state index is 13.7. The van der Waals surface area contributed by atoms with Gasteiger partial charge >= 0.3 is 103 Å². The standard InChI is InChI=1S/2C21H21O6PS3.2ClH.Pd/c2*1-16-10-4-7-13-19(16)29(22,23)28(30(24,25)20-14-8-5-11-17(20)2)31(26,27)21-15-9-6-12-18(21)3;;;/h2*4-15H,1-3H3;2*1H;/q;;;;+2. The zero-order valence-electron chi connectivity index (χ0n) is 35.3. The third-order valence-corrected chi connectivity index (χ3v) is 54.0. The van der Waals surface area contributed by atoms with Crippen LogP contribution in [0.1, 0.15) is 33.4 Å². The molecule has 0 heterocycles. The first-order valence-electron chi connectivity index (χ1n) is 18.7. The van der Waals surface area contributed by atoms with Crippen LogP contribution in [0.2, 0.25) is 0 Å². The van der Waals surface area contributed by atoms with Crippen LogP contribution in [-0.2, 0) is 72.7 Å². The second-order valence-corrected chi connectivity index (χ2v) is 47.9.